The van der Waals surface area contributed by atoms with Crippen molar-refractivity contribution in [2.24, 2.45) is 0 Å². The van der Waals surface area contributed by atoms with Gasteiger partial charge in [0.05, 0.1) is 11.0 Å². The van der Waals surface area contributed by atoms with E-state index in [1.165, 1.54) is 5.56 Å². The molecule has 6 aromatic carbocycles. The van der Waals surface area contributed by atoms with Gasteiger partial charge in [-0.05, 0) is 92.8 Å². The number of nitrogens with zero attached hydrogens (tertiary/aromatic N) is 6. The van der Waals surface area contributed by atoms with Crippen LogP contribution >= 0.6 is 0 Å². The van der Waals surface area contributed by atoms with Crippen molar-refractivity contribution in [3.63, 3.8) is 0 Å². The van der Waals surface area contributed by atoms with Crippen LogP contribution in [-0.2, 0) is 21.1 Å². The summed E-state index contributed by atoms with van der Waals surface area (Å²) < 4.78 is 4.54. The average Bonchev–Trinajstić information content (AvgIpc) is 3.93. The summed E-state index contributed by atoms with van der Waals surface area (Å²) in [6, 6.07) is 55.1. The molecule has 0 amide bonds. The molecule has 0 saturated carbocycles. The zero-order chi connectivity index (χ0) is 37.3. The summed E-state index contributed by atoms with van der Waals surface area (Å²) in [4.78, 5) is 19.9. The molecule has 0 aliphatic rings. The number of hydrogen-bond acceptors (Lipinski definition) is 3. The molecule has 0 N–H and O–H groups in total. The molecule has 0 radical (unpaired) electrons. The van der Waals surface area contributed by atoms with Gasteiger partial charge in [-0.25, -0.2) is 9.97 Å². The van der Waals surface area contributed by atoms with E-state index < -0.39 is 0 Å². The van der Waals surface area contributed by atoms with E-state index in [0.717, 1.165) is 99.8 Å². The van der Waals surface area contributed by atoms with Crippen molar-refractivity contribution >= 4 is 54.6 Å². The maximum atomic E-state index is 5.51. The first kappa shape index (κ1) is 34.8. The quantitative estimate of drug-likeness (QED) is 0.156. The van der Waals surface area contributed by atoms with Crippen molar-refractivity contribution in [1.29, 1.82) is 0 Å². The first-order valence-corrected chi connectivity index (χ1v) is 19.0. The molecule has 0 aliphatic heterocycles. The largest absolute Gasteiger partial charge is 2.00 e. The SMILES string of the molecule is CC(C)c1ccnc(-n2c3[c-]c(-c4cccc5c4nc(-c4cccc6c4[n-]c4ccccc46)n5-c4ccccc4)ccc3c3ccc(-c4ccncc4)cc32)c1.[Pt+2]. The summed E-state index contributed by atoms with van der Waals surface area (Å²) in [5, 5.41) is 4.53. The Morgan fingerprint density at radius 2 is 1.37 bits per heavy atom. The van der Waals surface area contributed by atoms with Gasteiger partial charge in [-0.3, -0.25) is 9.55 Å². The van der Waals surface area contributed by atoms with E-state index in [4.69, 9.17) is 15.0 Å². The first-order valence-electron chi connectivity index (χ1n) is 19.0. The molecule has 0 fully saturated rings. The molecular formula is C50H34N6Pt. The first-order chi connectivity index (χ1) is 27.6. The van der Waals surface area contributed by atoms with Crippen molar-refractivity contribution in [2.75, 3.05) is 0 Å². The van der Waals surface area contributed by atoms with Crippen LogP contribution in [0.5, 0.6) is 0 Å². The molecule has 5 aromatic heterocycles. The summed E-state index contributed by atoms with van der Waals surface area (Å²) in [6.45, 7) is 4.44. The Morgan fingerprint density at radius 1 is 0.596 bits per heavy atom. The van der Waals surface area contributed by atoms with Crippen molar-refractivity contribution in [3.05, 3.63) is 176 Å². The van der Waals surface area contributed by atoms with E-state index >= 15 is 0 Å². The second kappa shape index (κ2) is 13.8. The van der Waals surface area contributed by atoms with Crippen LogP contribution in [0, 0.1) is 6.07 Å². The van der Waals surface area contributed by atoms with Gasteiger partial charge in [-0.15, -0.1) is 34.8 Å². The van der Waals surface area contributed by atoms with Crippen LogP contribution in [0.1, 0.15) is 25.3 Å². The van der Waals surface area contributed by atoms with Crippen LogP contribution < -0.4 is 4.98 Å². The minimum Gasteiger partial charge on any atom is -0.656 e. The van der Waals surface area contributed by atoms with Crippen molar-refractivity contribution < 1.29 is 21.1 Å². The smallest absolute Gasteiger partial charge is 0.656 e. The molecule has 0 spiro atoms. The maximum Gasteiger partial charge on any atom is 2.00 e. The number of pyridine rings is 2. The van der Waals surface area contributed by atoms with Crippen molar-refractivity contribution in [1.82, 2.24) is 29.1 Å². The van der Waals surface area contributed by atoms with Crippen LogP contribution in [0.15, 0.2) is 164 Å². The Morgan fingerprint density at radius 3 is 2.23 bits per heavy atom. The van der Waals surface area contributed by atoms with Gasteiger partial charge in [-0.1, -0.05) is 110 Å². The number of para-hydroxylation sites is 4. The van der Waals surface area contributed by atoms with Gasteiger partial charge in [-0.2, -0.15) is 0 Å². The Bertz CT molecular complexity index is 3280. The van der Waals surface area contributed by atoms with Gasteiger partial charge < -0.3 is 9.55 Å². The minimum absolute atomic E-state index is 0. The molecule has 7 heteroatoms. The normalized spacial score (nSPS) is 11.7. The van der Waals surface area contributed by atoms with Gasteiger partial charge >= 0.3 is 21.1 Å². The van der Waals surface area contributed by atoms with E-state index in [1.807, 2.05) is 24.7 Å². The predicted molar refractivity (Wildman–Crippen MR) is 229 cm³/mol. The summed E-state index contributed by atoms with van der Waals surface area (Å²) in [7, 11) is 0. The van der Waals surface area contributed by atoms with Crippen molar-refractivity contribution in [3.8, 4) is 45.1 Å². The van der Waals surface area contributed by atoms with E-state index in [9.17, 15) is 0 Å². The summed E-state index contributed by atoms with van der Waals surface area (Å²) in [6.07, 6.45) is 5.60. The number of imidazole rings is 1. The molecule has 274 valence electrons. The molecule has 11 aromatic rings. The second-order valence-electron chi connectivity index (χ2n) is 14.6. The molecule has 0 aliphatic carbocycles. The number of fused-ring (bicyclic) bond motifs is 7. The van der Waals surface area contributed by atoms with Crippen LogP contribution in [0.25, 0.3) is 99.8 Å². The van der Waals surface area contributed by atoms with E-state index in [-0.39, 0.29) is 21.1 Å². The molecule has 5 heterocycles. The predicted octanol–water partition coefficient (Wildman–Crippen LogP) is 12.1. The van der Waals surface area contributed by atoms with Crippen LogP contribution in [0.4, 0.5) is 0 Å². The molecule has 0 unspecified atom stereocenters. The summed E-state index contributed by atoms with van der Waals surface area (Å²) in [5.74, 6) is 2.07. The Hall–Kier alpha value is -6.62. The number of benzene rings is 6. The summed E-state index contributed by atoms with van der Waals surface area (Å²) >= 11 is 0. The molecule has 11 rings (SSSR count). The molecule has 0 saturated heterocycles. The number of aromatic nitrogens is 6. The topological polar surface area (TPSA) is 62.6 Å². The van der Waals surface area contributed by atoms with Gasteiger partial charge in [0, 0.05) is 35.4 Å². The second-order valence-corrected chi connectivity index (χ2v) is 14.6. The number of hydrogen-bond donors (Lipinski definition) is 0. The summed E-state index contributed by atoms with van der Waals surface area (Å²) in [5.41, 5.74) is 13.4. The third-order valence-electron chi connectivity index (χ3n) is 11.0. The third-order valence-corrected chi connectivity index (χ3v) is 11.0. The van der Waals surface area contributed by atoms with Gasteiger partial charge in [0.15, 0.2) is 0 Å². The molecule has 0 bridgehead atoms. The molecule has 6 nitrogen and oxygen atoms in total. The monoisotopic (exact) mass is 913 g/mol. The Kier molecular flexibility index (Phi) is 8.46. The van der Waals surface area contributed by atoms with Gasteiger partial charge in [0.25, 0.3) is 0 Å². The average molecular weight is 914 g/mol. The standard InChI is InChI=1S/C50H34N6.Pt/c1-31(2)33-24-27-52-47(30-33)56-45-28-34(32-22-25-51-26-23-32)18-20-39(45)40-21-19-35(29-46(40)56)37-13-9-17-44-49(37)54-50(55(44)36-10-4-3-5-11-36)42-15-8-14-41-38-12-6-7-16-43(38)53-48(41)42;/h3-28,30-31H,1-2H3;/q-2;+2. The zero-order valence-corrected chi connectivity index (χ0v) is 33.4. The molecule has 0 atom stereocenters. The fraction of sp³-hybridized carbons (Fsp3) is 0.0600. The Balaban J connectivity index is 0.00000396. The van der Waals surface area contributed by atoms with Gasteiger partial charge in [0.2, 0.25) is 0 Å². The zero-order valence-electron chi connectivity index (χ0n) is 31.2. The molecule has 57 heavy (non-hydrogen) atoms. The van der Waals surface area contributed by atoms with E-state index in [0.29, 0.717) is 5.92 Å². The van der Waals surface area contributed by atoms with Crippen LogP contribution in [0.2, 0.25) is 0 Å². The fourth-order valence-corrected chi connectivity index (χ4v) is 8.29. The Labute approximate surface area is 343 Å². The van der Waals surface area contributed by atoms with Gasteiger partial charge in [0.1, 0.15) is 11.6 Å². The molecular weight excluding hydrogens is 880 g/mol. The van der Waals surface area contributed by atoms with Crippen molar-refractivity contribution in [2.45, 2.75) is 19.8 Å². The third kappa shape index (κ3) is 5.62. The van der Waals surface area contributed by atoms with Crippen LogP contribution in [-0.4, -0.2) is 24.1 Å². The fourth-order valence-electron chi connectivity index (χ4n) is 8.29. The van der Waals surface area contributed by atoms with E-state index in [1.54, 1.807) is 0 Å². The van der Waals surface area contributed by atoms with Crippen LogP contribution in [0.3, 0.4) is 0 Å². The maximum absolute atomic E-state index is 5.51. The minimum atomic E-state index is 0. The number of rotatable bonds is 6. The van der Waals surface area contributed by atoms with E-state index in [2.05, 4.69) is 174 Å².